The van der Waals surface area contributed by atoms with Crippen LogP contribution in [0.1, 0.15) is 32.8 Å². The van der Waals surface area contributed by atoms with Gasteiger partial charge in [0.15, 0.2) is 0 Å². The molecule has 0 bridgehead atoms. The molecule has 0 spiro atoms. The van der Waals surface area contributed by atoms with E-state index in [4.69, 9.17) is 5.73 Å². The monoisotopic (exact) mass is 295 g/mol. The van der Waals surface area contributed by atoms with Crippen LogP contribution in [-0.2, 0) is 10.0 Å². The molecule has 0 atom stereocenters. The third-order valence-electron chi connectivity index (χ3n) is 2.53. The average molecular weight is 295 g/mol. The standard InChI is InChI=1S/C14H21N3O2S/c1-14(2,3)6-8-17-20(18,19)13-9-12(5-4-7-15)10-16-11-13/h9-11,17H,6-8,15H2,1-3H3. The van der Waals surface area contributed by atoms with Crippen molar-refractivity contribution >= 4 is 10.0 Å². The average Bonchev–Trinajstić information content (AvgIpc) is 2.35. The van der Waals surface area contributed by atoms with E-state index in [1.165, 1.54) is 18.5 Å². The largest absolute Gasteiger partial charge is 0.320 e. The number of nitrogens with zero attached hydrogens (tertiary/aromatic N) is 1. The van der Waals surface area contributed by atoms with Crippen molar-refractivity contribution in [2.75, 3.05) is 13.1 Å². The summed E-state index contributed by atoms with van der Waals surface area (Å²) in [5.74, 6) is 5.44. The Labute approximate surface area is 121 Å². The summed E-state index contributed by atoms with van der Waals surface area (Å²) in [6, 6.07) is 1.50. The highest BCUT2D eigenvalue weighted by atomic mass is 32.2. The van der Waals surface area contributed by atoms with Crippen LogP contribution in [0.15, 0.2) is 23.4 Å². The van der Waals surface area contributed by atoms with Gasteiger partial charge in [0.05, 0.1) is 6.54 Å². The molecule has 0 aliphatic carbocycles. The fourth-order valence-electron chi connectivity index (χ4n) is 1.43. The Morgan fingerprint density at radius 1 is 1.35 bits per heavy atom. The van der Waals surface area contributed by atoms with Crippen molar-refractivity contribution in [2.45, 2.75) is 32.1 Å². The van der Waals surface area contributed by atoms with E-state index in [1.807, 2.05) is 0 Å². The summed E-state index contributed by atoms with van der Waals surface area (Å²) in [6.45, 7) is 6.80. The third kappa shape index (κ3) is 5.70. The first-order valence-electron chi connectivity index (χ1n) is 6.38. The molecule has 0 unspecified atom stereocenters. The molecular weight excluding hydrogens is 274 g/mol. The predicted octanol–water partition coefficient (Wildman–Crippen LogP) is 1.11. The molecule has 5 nitrogen and oxygen atoms in total. The molecule has 110 valence electrons. The highest BCUT2D eigenvalue weighted by molar-refractivity contribution is 7.89. The smallest absolute Gasteiger partial charge is 0.242 e. The topological polar surface area (TPSA) is 85.1 Å². The zero-order valence-corrected chi connectivity index (χ0v) is 12.9. The van der Waals surface area contributed by atoms with Crippen LogP contribution in [0.5, 0.6) is 0 Å². The number of sulfonamides is 1. The Morgan fingerprint density at radius 2 is 2.05 bits per heavy atom. The van der Waals surface area contributed by atoms with Crippen molar-refractivity contribution in [1.29, 1.82) is 0 Å². The molecule has 0 radical (unpaired) electrons. The summed E-state index contributed by atoms with van der Waals surface area (Å²) >= 11 is 0. The van der Waals surface area contributed by atoms with Crippen LogP contribution >= 0.6 is 0 Å². The Kier molecular flexibility index (Phi) is 5.69. The first-order chi connectivity index (χ1) is 9.24. The molecule has 6 heteroatoms. The number of hydrogen-bond acceptors (Lipinski definition) is 4. The van der Waals surface area contributed by atoms with Crippen LogP contribution in [0.3, 0.4) is 0 Å². The zero-order chi connectivity index (χ0) is 15.2. The number of aromatic nitrogens is 1. The minimum absolute atomic E-state index is 0.0786. The maximum Gasteiger partial charge on any atom is 0.242 e. The fourth-order valence-corrected chi connectivity index (χ4v) is 2.45. The molecule has 1 heterocycles. The number of rotatable bonds is 4. The lowest BCUT2D eigenvalue weighted by molar-refractivity contribution is 0.378. The van der Waals surface area contributed by atoms with Gasteiger partial charge >= 0.3 is 0 Å². The highest BCUT2D eigenvalue weighted by Crippen LogP contribution is 2.18. The van der Waals surface area contributed by atoms with Crippen LogP contribution in [0.4, 0.5) is 0 Å². The summed E-state index contributed by atoms with van der Waals surface area (Å²) in [5.41, 5.74) is 5.90. The van der Waals surface area contributed by atoms with Crippen molar-refractivity contribution in [2.24, 2.45) is 11.1 Å². The van der Waals surface area contributed by atoms with E-state index in [-0.39, 0.29) is 16.9 Å². The lowest BCUT2D eigenvalue weighted by atomic mass is 9.93. The van der Waals surface area contributed by atoms with E-state index >= 15 is 0 Å². The van der Waals surface area contributed by atoms with Crippen molar-refractivity contribution in [1.82, 2.24) is 9.71 Å². The van der Waals surface area contributed by atoms with Crippen LogP contribution < -0.4 is 10.5 Å². The number of pyridine rings is 1. The van der Waals surface area contributed by atoms with Gasteiger partial charge < -0.3 is 5.73 Å². The summed E-state index contributed by atoms with van der Waals surface area (Å²) in [5, 5.41) is 0. The maximum atomic E-state index is 12.1. The Bertz CT molecular complexity index is 607. The second kappa shape index (κ2) is 6.84. The summed E-state index contributed by atoms with van der Waals surface area (Å²) in [6.07, 6.45) is 3.58. The minimum atomic E-state index is -3.54. The SMILES string of the molecule is CC(C)(C)CCNS(=O)(=O)c1cncc(C#CCN)c1. The first kappa shape index (κ1) is 16.6. The first-order valence-corrected chi connectivity index (χ1v) is 7.86. The molecule has 0 fully saturated rings. The summed E-state index contributed by atoms with van der Waals surface area (Å²) in [7, 11) is -3.54. The zero-order valence-electron chi connectivity index (χ0n) is 12.1. The van der Waals surface area contributed by atoms with Crippen molar-refractivity contribution in [3.8, 4) is 11.8 Å². The highest BCUT2D eigenvalue weighted by Gasteiger charge is 2.16. The van der Waals surface area contributed by atoms with Crippen molar-refractivity contribution in [3.63, 3.8) is 0 Å². The quantitative estimate of drug-likeness (QED) is 0.815. The fraction of sp³-hybridized carbons (Fsp3) is 0.500. The van der Waals surface area contributed by atoms with Crippen molar-refractivity contribution < 1.29 is 8.42 Å². The van der Waals surface area contributed by atoms with Gasteiger partial charge in [0.2, 0.25) is 10.0 Å². The molecule has 1 aromatic rings. The van der Waals surface area contributed by atoms with Crippen LogP contribution in [0.25, 0.3) is 0 Å². The third-order valence-corrected chi connectivity index (χ3v) is 3.95. The molecule has 0 saturated carbocycles. The van der Waals surface area contributed by atoms with Gasteiger partial charge in [-0.1, -0.05) is 32.6 Å². The molecule has 3 N–H and O–H groups in total. The molecule has 1 rings (SSSR count). The van der Waals surface area contributed by atoms with E-state index in [0.717, 1.165) is 6.42 Å². The summed E-state index contributed by atoms with van der Waals surface area (Å²) in [4.78, 5) is 4.02. The second-order valence-corrected chi connectivity index (χ2v) is 7.39. The summed E-state index contributed by atoms with van der Waals surface area (Å²) < 4.78 is 26.8. The van der Waals surface area contributed by atoms with Crippen LogP contribution in [0.2, 0.25) is 0 Å². The van der Waals surface area contributed by atoms with E-state index < -0.39 is 10.0 Å². The molecule has 0 aliphatic heterocycles. The van der Waals surface area contributed by atoms with Gasteiger partial charge in [0, 0.05) is 24.5 Å². The lowest BCUT2D eigenvalue weighted by Gasteiger charge is -2.18. The van der Waals surface area contributed by atoms with E-state index in [1.54, 1.807) is 0 Å². The Balaban J connectivity index is 2.82. The van der Waals surface area contributed by atoms with Gasteiger partial charge in [0.1, 0.15) is 4.90 Å². The molecule has 0 saturated heterocycles. The van der Waals surface area contributed by atoms with Gasteiger partial charge in [-0.25, -0.2) is 13.1 Å². The van der Waals surface area contributed by atoms with Gasteiger partial charge in [-0.2, -0.15) is 0 Å². The molecule has 0 amide bonds. The Morgan fingerprint density at radius 3 is 2.65 bits per heavy atom. The number of nitrogens with one attached hydrogen (secondary N) is 1. The molecular formula is C14H21N3O2S. The molecule has 0 aromatic carbocycles. The van der Waals surface area contributed by atoms with E-state index in [9.17, 15) is 8.42 Å². The van der Waals surface area contributed by atoms with Crippen LogP contribution in [-0.4, -0.2) is 26.5 Å². The minimum Gasteiger partial charge on any atom is -0.320 e. The van der Waals surface area contributed by atoms with Gasteiger partial charge in [-0.15, -0.1) is 0 Å². The normalized spacial score (nSPS) is 11.8. The number of nitrogens with two attached hydrogens (primary N) is 1. The molecule has 1 aromatic heterocycles. The van der Waals surface area contributed by atoms with Gasteiger partial charge in [-0.05, 0) is 17.9 Å². The van der Waals surface area contributed by atoms with E-state index in [0.29, 0.717) is 12.1 Å². The predicted molar refractivity (Wildman–Crippen MR) is 79.4 cm³/mol. The Hall–Kier alpha value is -1.42. The maximum absolute atomic E-state index is 12.1. The van der Waals surface area contributed by atoms with Crippen molar-refractivity contribution in [3.05, 3.63) is 24.0 Å². The van der Waals surface area contributed by atoms with Gasteiger partial charge in [-0.3, -0.25) is 4.98 Å². The second-order valence-electron chi connectivity index (χ2n) is 5.62. The lowest BCUT2D eigenvalue weighted by Crippen LogP contribution is -2.27. The molecule has 20 heavy (non-hydrogen) atoms. The van der Waals surface area contributed by atoms with Crippen LogP contribution in [0, 0.1) is 17.3 Å². The molecule has 0 aliphatic rings. The number of hydrogen-bond donors (Lipinski definition) is 2. The van der Waals surface area contributed by atoms with Gasteiger partial charge in [0.25, 0.3) is 0 Å². The van der Waals surface area contributed by atoms with E-state index in [2.05, 4.69) is 42.3 Å².